The van der Waals surface area contributed by atoms with E-state index in [1.165, 1.54) is 4.90 Å². The van der Waals surface area contributed by atoms with Crippen molar-refractivity contribution < 1.29 is 19.2 Å². The van der Waals surface area contributed by atoms with Crippen molar-refractivity contribution in [2.45, 2.75) is 50.2 Å². The van der Waals surface area contributed by atoms with Crippen molar-refractivity contribution in [3.63, 3.8) is 0 Å². The predicted octanol–water partition coefficient (Wildman–Crippen LogP) is -0.546. The van der Waals surface area contributed by atoms with E-state index in [9.17, 15) is 19.2 Å². The number of likely N-dealkylation sites (tertiary alicyclic amines) is 1. The van der Waals surface area contributed by atoms with Gasteiger partial charge in [0.15, 0.2) is 5.96 Å². The second-order valence-corrected chi connectivity index (χ2v) is 7.94. The van der Waals surface area contributed by atoms with Crippen LogP contribution in [0.4, 0.5) is 0 Å². The van der Waals surface area contributed by atoms with Crippen LogP contribution in [0.15, 0.2) is 30.3 Å². The second kappa shape index (κ2) is 16.7. The molecular weight excluding hydrogens is 497 g/mol. The van der Waals surface area contributed by atoms with E-state index in [4.69, 9.17) is 16.9 Å². The summed E-state index contributed by atoms with van der Waals surface area (Å²) < 4.78 is 0. The summed E-state index contributed by atoms with van der Waals surface area (Å²) in [6.45, 7) is 0.544. The molecule has 1 fully saturated rings. The van der Waals surface area contributed by atoms with E-state index in [2.05, 4.69) is 16.0 Å². The molecule has 1 saturated heterocycles. The summed E-state index contributed by atoms with van der Waals surface area (Å²) in [7, 11) is 0. The van der Waals surface area contributed by atoms with Gasteiger partial charge in [0.05, 0.1) is 12.6 Å². The monoisotopic (exact) mass is 531 g/mol. The number of guanidine groups is 1. The summed E-state index contributed by atoms with van der Waals surface area (Å²) in [5, 5.41) is 15.1. The zero-order valence-electron chi connectivity index (χ0n) is 19.4. The van der Waals surface area contributed by atoms with Crippen LogP contribution in [0.25, 0.3) is 0 Å². The molecule has 1 aromatic carbocycles. The van der Waals surface area contributed by atoms with Crippen molar-refractivity contribution in [2.75, 3.05) is 19.6 Å². The normalized spacial score (nSPS) is 16.0. The number of rotatable bonds is 12. The van der Waals surface area contributed by atoms with Crippen molar-refractivity contribution in [3.8, 4) is 0 Å². The largest absolute Gasteiger partial charge is 0.370 e. The summed E-state index contributed by atoms with van der Waals surface area (Å²) in [6.07, 6.45) is 2.95. The first-order valence-electron chi connectivity index (χ1n) is 11.0. The summed E-state index contributed by atoms with van der Waals surface area (Å²) >= 11 is 0. The number of aldehydes is 1. The van der Waals surface area contributed by atoms with E-state index in [-0.39, 0.29) is 49.6 Å². The lowest BCUT2D eigenvalue weighted by molar-refractivity contribution is -0.141. The van der Waals surface area contributed by atoms with Crippen molar-refractivity contribution >= 4 is 54.8 Å². The number of halogens is 2. The van der Waals surface area contributed by atoms with Gasteiger partial charge in [-0.1, -0.05) is 30.3 Å². The lowest BCUT2D eigenvalue weighted by Gasteiger charge is -2.29. The molecule has 0 aliphatic carbocycles. The second-order valence-electron chi connectivity index (χ2n) is 7.94. The van der Waals surface area contributed by atoms with Crippen LogP contribution < -0.4 is 27.4 Å². The Kier molecular flexibility index (Phi) is 15.3. The highest BCUT2D eigenvalue weighted by Crippen LogP contribution is 2.20. The quantitative estimate of drug-likeness (QED) is 0.0903. The van der Waals surface area contributed by atoms with Crippen LogP contribution in [-0.2, 0) is 25.6 Å². The maximum absolute atomic E-state index is 13.3. The molecule has 0 saturated carbocycles. The minimum Gasteiger partial charge on any atom is -0.370 e. The maximum atomic E-state index is 13.3. The van der Waals surface area contributed by atoms with E-state index in [1.54, 1.807) is 0 Å². The number of carbonyl (C=O) groups is 4. The molecule has 3 amide bonds. The minimum absolute atomic E-state index is 0. The number of carbonyl (C=O) groups excluding carboxylic acids is 4. The number of hydrogen-bond donors (Lipinski definition) is 6. The topological polar surface area (TPSA) is 184 Å². The molecule has 0 spiro atoms. The van der Waals surface area contributed by atoms with E-state index >= 15 is 0 Å². The molecule has 0 aromatic heterocycles. The van der Waals surface area contributed by atoms with Crippen LogP contribution >= 0.6 is 24.8 Å². The highest BCUT2D eigenvalue weighted by Gasteiger charge is 2.38. The number of nitrogens with two attached hydrogens (primary N) is 2. The molecule has 1 aliphatic heterocycles. The Morgan fingerprint density at radius 2 is 1.86 bits per heavy atom. The molecule has 1 aliphatic rings. The Balaban J connectivity index is 0.00000578. The zero-order chi connectivity index (χ0) is 24.2. The standard InChI is InChI=1S/C22H33N7O4.2ClH/c23-13-19(31)28-17(12-15-6-2-1-3-7-15)21(33)29-11-5-9-18(29)20(32)27-16(14-30)8-4-10-26-22(24)25;;/h1-3,6-7,14,16-18H,4-5,8-13,23H2,(H,27,32)(H,28,31)(H4,24,25,26);2*1H/t16-,17+,18-;;/m0../s1. The Morgan fingerprint density at radius 3 is 2.46 bits per heavy atom. The number of hydrogen-bond acceptors (Lipinski definition) is 6. The lowest BCUT2D eigenvalue weighted by Crippen LogP contribution is -2.55. The molecule has 13 heteroatoms. The highest BCUT2D eigenvalue weighted by molar-refractivity contribution is 5.93. The predicted molar refractivity (Wildman–Crippen MR) is 138 cm³/mol. The van der Waals surface area contributed by atoms with Crippen molar-refractivity contribution in [1.82, 2.24) is 20.9 Å². The number of benzene rings is 1. The zero-order valence-corrected chi connectivity index (χ0v) is 21.0. The Hall–Kier alpha value is -2.89. The Morgan fingerprint density at radius 1 is 1.17 bits per heavy atom. The van der Waals surface area contributed by atoms with Gasteiger partial charge in [0.25, 0.3) is 0 Å². The Bertz CT molecular complexity index is 844. The molecule has 0 bridgehead atoms. The van der Waals surface area contributed by atoms with Crippen molar-refractivity contribution in [3.05, 3.63) is 35.9 Å². The summed E-state index contributed by atoms with van der Waals surface area (Å²) in [5.74, 6) is -1.37. The minimum atomic E-state index is -0.851. The average Bonchev–Trinajstić information content (AvgIpc) is 3.30. The van der Waals surface area contributed by atoms with E-state index in [0.717, 1.165) is 5.56 Å². The fraction of sp³-hybridized carbons (Fsp3) is 0.500. The summed E-state index contributed by atoms with van der Waals surface area (Å²) in [5.41, 5.74) is 11.5. The molecule has 3 atom stereocenters. The van der Waals surface area contributed by atoms with Gasteiger partial charge in [-0.2, -0.15) is 0 Å². The van der Waals surface area contributed by atoms with Crippen LogP contribution in [0.5, 0.6) is 0 Å². The van der Waals surface area contributed by atoms with Gasteiger partial charge in [-0.25, -0.2) is 0 Å². The molecule has 11 nitrogen and oxygen atoms in total. The molecule has 0 unspecified atom stereocenters. The van der Waals surface area contributed by atoms with Gasteiger partial charge in [-0.15, -0.1) is 24.8 Å². The number of nitrogens with zero attached hydrogens (tertiary/aromatic N) is 1. The van der Waals surface area contributed by atoms with E-state index in [0.29, 0.717) is 45.1 Å². The third-order valence-electron chi connectivity index (χ3n) is 5.44. The molecule has 2 rings (SSSR count). The van der Waals surface area contributed by atoms with Gasteiger partial charge in [-0.3, -0.25) is 19.8 Å². The Labute approximate surface area is 217 Å². The fourth-order valence-electron chi connectivity index (χ4n) is 3.80. The SMILES string of the molecule is Cl.Cl.N=C(N)NCCC[C@@H](C=O)NC(=O)[C@@H]1CCCN1C(=O)[C@@H](Cc1ccccc1)NC(=O)CN. The van der Waals surface area contributed by atoms with Crippen LogP contribution in [0.2, 0.25) is 0 Å². The first kappa shape index (κ1) is 32.1. The molecule has 1 heterocycles. The van der Waals surface area contributed by atoms with Gasteiger partial charge in [0.1, 0.15) is 18.4 Å². The average molecular weight is 532 g/mol. The van der Waals surface area contributed by atoms with Gasteiger partial charge in [0.2, 0.25) is 17.7 Å². The van der Waals surface area contributed by atoms with Crippen LogP contribution in [0.1, 0.15) is 31.2 Å². The van der Waals surface area contributed by atoms with Crippen LogP contribution in [0, 0.1) is 5.41 Å². The number of nitrogens with one attached hydrogen (secondary N) is 4. The van der Waals surface area contributed by atoms with Crippen molar-refractivity contribution in [1.29, 1.82) is 5.41 Å². The van der Waals surface area contributed by atoms with Gasteiger partial charge in [0, 0.05) is 19.5 Å². The van der Waals surface area contributed by atoms with Gasteiger partial charge in [-0.05, 0) is 31.2 Å². The van der Waals surface area contributed by atoms with Gasteiger partial charge >= 0.3 is 0 Å². The van der Waals surface area contributed by atoms with Crippen LogP contribution in [-0.4, -0.2) is 72.6 Å². The fourth-order valence-corrected chi connectivity index (χ4v) is 3.80. The van der Waals surface area contributed by atoms with Crippen molar-refractivity contribution in [2.24, 2.45) is 11.5 Å². The number of amides is 3. The van der Waals surface area contributed by atoms with Crippen LogP contribution in [0.3, 0.4) is 0 Å². The molecule has 196 valence electrons. The maximum Gasteiger partial charge on any atom is 0.246 e. The molecule has 0 radical (unpaired) electrons. The van der Waals surface area contributed by atoms with Gasteiger partial charge < -0.3 is 37.1 Å². The summed E-state index contributed by atoms with van der Waals surface area (Å²) in [6, 6.07) is 7.00. The molecule has 1 aromatic rings. The third kappa shape index (κ3) is 10.5. The first-order valence-corrected chi connectivity index (χ1v) is 11.0. The third-order valence-corrected chi connectivity index (χ3v) is 5.44. The van der Waals surface area contributed by atoms with E-state index in [1.807, 2.05) is 30.3 Å². The smallest absolute Gasteiger partial charge is 0.246 e. The first-order chi connectivity index (χ1) is 15.8. The molecular formula is C22H35Cl2N7O4. The van der Waals surface area contributed by atoms with E-state index < -0.39 is 29.9 Å². The highest BCUT2D eigenvalue weighted by atomic mass is 35.5. The molecule has 35 heavy (non-hydrogen) atoms. The lowest BCUT2D eigenvalue weighted by atomic mass is 10.0. The summed E-state index contributed by atoms with van der Waals surface area (Å²) in [4.78, 5) is 51.1. The molecule has 8 N–H and O–H groups in total.